The lowest BCUT2D eigenvalue weighted by Crippen LogP contribution is -2.19. The van der Waals surface area contributed by atoms with Crippen LogP contribution in [0.5, 0.6) is 0 Å². The lowest BCUT2D eigenvalue weighted by Gasteiger charge is -2.35. The average molecular weight is 969 g/mol. The first-order chi connectivity index (χ1) is 33.9. The summed E-state index contributed by atoms with van der Waals surface area (Å²) in [6, 6.07) is 61.1. The molecule has 0 aliphatic rings. The van der Waals surface area contributed by atoms with Crippen LogP contribution < -0.4 is 14.7 Å². The SMILES string of the molecule is Cc1cc(N(c2cccc(N(c3ccccc3)c3ccc(-c4cc5ccccc5o4)cc3)c2)c2c(C)cccc2C)c(Cl)c(N(c2c(C)cc(C(C)(C)C)cc2C)c2csc3ccc(C(C)(C)C)cc23)c1. The molecule has 4 nitrogen and oxygen atoms in total. The quantitative estimate of drug-likeness (QED) is 0.136. The number of hydrogen-bond acceptors (Lipinski definition) is 5. The molecule has 10 rings (SSSR count). The second kappa shape index (κ2) is 18.6. The van der Waals surface area contributed by atoms with Crippen LogP contribution in [0.3, 0.4) is 0 Å². The highest BCUT2D eigenvalue weighted by Crippen LogP contribution is 2.53. The van der Waals surface area contributed by atoms with Crippen molar-refractivity contribution in [3.05, 3.63) is 219 Å². The maximum Gasteiger partial charge on any atom is 0.135 e. The Morgan fingerprint density at radius 2 is 1.01 bits per heavy atom. The lowest BCUT2D eigenvalue weighted by atomic mass is 9.84. The normalized spacial score (nSPS) is 11.9. The predicted octanol–water partition coefficient (Wildman–Crippen LogP) is 20.5. The minimum absolute atomic E-state index is 0.0147. The molecule has 0 unspecified atom stereocenters. The summed E-state index contributed by atoms with van der Waals surface area (Å²) < 4.78 is 7.53. The summed E-state index contributed by atoms with van der Waals surface area (Å²) in [4.78, 5) is 7.15. The molecule has 0 amide bonds. The molecule has 0 aliphatic heterocycles. The molecular formula is C65H62ClN3OS. The Balaban J connectivity index is 1.17. The number of nitrogens with zero attached hydrogens (tertiary/aromatic N) is 3. The number of para-hydroxylation sites is 3. The van der Waals surface area contributed by atoms with Crippen molar-refractivity contribution in [3.8, 4) is 11.3 Å². The number of furan rings is 1. The van der Waals surface area contributed by atoms with Crippen molar-refractivity contribution in [2.45, 2.75) is 87.0 Å². The fraction of sp³-hybridized carbons (Fsp3) is 0.200. The van der Waals surface area contributed by atoms with Crippen LogP contribution in [0.25, 0.3) is 32.4 Å². The second-order valence-corrected chi connectivity index (χ2v) is 22.5. The molecule has 0 radical (unpaired) electrons. The number of anilines is 9. The van der Waals surface area contributed by atoms with Crippen LogP contribution in [-0.4, -0.2) is 0 Å². The number of fused-ring (bicyclic) bond motifs is 2. The highest BCUT2D eigenvalue weighted by atomic mass is 35.5. The van der Waals surface area contributed by atoms with Gasteiger partial charge in [0.15, 0.2) is 0 Å². The Kier molecular flexibility index (Phi) is 12.5. The van der Waals surface area contributed by atoms with E-state index in [-0.39, 0.29) is 10.8 Å². The van der Waals surface area contributed by atoms with Gasteiger partial charge in [0.05, 0.1) is 33.5 Å². The Labute approximate surface area is 429 Å². The summed E-state index contributed by atoms with van der Waals surface area (Å²) in [5.41, 5.74) is 19.5. The Morgan fingerprint density at radius 1 is 0.451 bits per heavy atom. The third-order valence-electron chi connectivity index (χ3n) is 13.8. The van der Waals surface area contributed by atoms with E-state index in [2.05, 4.69) is 248 Å². The first-order valence-corrected chi connectivity index (χ1v) is 25.8. The number of rotatable bonds is 10. The Morgan fingerprint density at radius 3 is 1.66 bits per heavy atom. The predicted molar refractivity (Wildman–Crippen MR) is 307 cm³/mol. The second-order valence-electron chi connectivity index (χ2n) is 21.2. The van der Waals surface area contributed by atoms with E-state index in [1.54, 1.807) is 11.3 Å². The Bertz CT molecular complexity index is 3510. The van der Waals surface area contributed by atoms with Gasteiger partial charge in [0.2, 0.25) is 0 Å². The van der Waals surface area contributed by atoms with E-state index in [4.69, 9.17) is 16.0 Å². The first-order valence-electron chi connectivity index (χ1n) is 24.6. The number of hydrogen-bond donors (Lipinski definition) is 0. The molecule has 0 saturated carbocycles. The van der Waals surface area contributed by atoms with Gasteiger partial charge in [0, 0.05) is 49.2 Å². The largest absolute Gasteiger partial charge is 0.456 e. The zero-order chi connectivity index (χ0) is 49.9. The molecule has 356 valence electrons. The fourth-order valence-corrected chi connectivity index (χ4v) is 11.3. The Hall–Kier alpha value is -7.05. The van der Waals surface area contributed by atoms with Crippen molar-refractivity contribution >= 4 is 95.2 Å². The van der Waals surface area contributed by atoms with Crippen LogP contribution >= 0.6 is 22.9 Å². The van der Waals surface area contributed by atoms with Gasteiger partial charge in [0.25, 0.3) is 0 Å². The molecule has 0 saturated heterocycles. The van der Waals surface area contributed by atoms with Crippen molar-refractivity contribution in [1.29, 1.82) is 0 Å². The highest BCUT2D eigenvalue weighted by Gasteiger charge is 2.30. The van der Waals surface area contributed by atoms with Crippen LogP contribution in [0.4, 0.5) is 51.2 Å². The van der Waals surface area contributed by atoms with Crippen LogP contribution in [0, 0.1) is 34.6 Å². The van der Waals surface area contributed by atoms with Crippen LogP contribution in [0.15, 0.2) is 180 Å². The minimum Gasteiger partial charge on any atom is -0.456 e. The van der Waals surface area contributed by atoms with Gasteiger partial charge < -0.3 is 19.1 Å². The number of aryl methyl sites for hydroxylation is 5. The zero-order valence-corrected chi connectivity index (χ0v) is 44.4. The molecule has 2 aromatic heterocycles. The molecule has 6 heteroatoms. The molecule has 0 aliphatic carbocycles. The monoisotopic (exact) mass is 967 g/mol. The molecule has 71 heavy (non-hydrogen) atoms. The molecule has 0 atom stereocenters. The van der Waals surface area contributed by atoms with E-state index < -0.39 is 0 Å². The van der Waals surface area contributed by atoms with Gasteiger partial charge in [-0.25, -0.2) is 0 Å². The maximum absolute atomic E-state index is 8.19. The van der Waals surface area contributed by atoms with Crippen LogP contribution in [0.1, 0.15) is 80.5 Å². The highest BCUT2D eigenvalue weighted by molar-refractivity contribution is 7.17. The summed E-state index contributed by atoms with van der Waals surface area (Å²) in [6.07, 6.45) is 0. The summed E-state index contributed by atoms with van der Waals surface area (Å²) in [5.74, 6) is 0.845. The zero-order valence-electron chi connectivity index (χ0n) is 42.8. The van der Waals surface area contributed by atoms with Gasteiger partial charge in [0.1, 0.15) is 11.3 Å². The van der Waals surface area contributed by atoms with Crippen LogP contribution in [-0.2, 0) is 10.8 Å². The molecule has 2 heterocycles. The molecule has 0 N–H and O–H groups in total. The molecule has 8 aromatic carbocycles. The number of benzene rings is 8. The summed E-state index contributed by atoms with van der Waals surface area (Å²) in [5, 5.41) is 5.28. The van der Waals surface area contributed by atoms with Crippen LogP contribution in [0.2, 0.25) is 5.02 Å². The van der Waals surface area contributed by atoms with Gasteiger partial charge >= 0.3 is 0 Å². The van der Waals surface area contributed by atoms with Gasteiger partial charge in [-0.15, -0.1) is 11.3 Å². The van der Waals surface area contributed by atoms with Crippen molar-refractivity contribution in [3.63, 3.8) is 0 Å². The van der Waals surface area contributed by atoms with Gasteiger partial charge in [-0.1, -0.05) is 132 Å². The van der Waals surface area contributed by atoms with Gasteiger partial charge in [-0.05, 0) is 175 Å². The standard InChI is InChI=1S/C65H62ClN3OS/c1-41-33-55(61(66)56(34-41)69(63-44(4)35-49(36-45(63)5)65(9,10)11)57-40-71-60-32-29-48(38-54(57)60)64(6,7)8)68(62-42(2)19-17-20-43(62)3)53-25-18-24-52(39-53)67(50-22-13-12-14-23-50)51-30-27-46(28-31-51)59-37-47-21-15-16-26-58(47)70-59/h12-40H,1-11H3. The maximum atomic E-state index is 8.19. The summed E-state index contributed by atoms with van der Waals surface area (Å²) in [6.45, 7) is 24.8. The third-order valence-corrected chi connectivity index (χ3v) is 15.1. The minimum atomic E-state index is -0.0258. The first kappa shape index (κ1) is 47.6. The molecule has 10 aromatic rings. The van der Waals surface area contributed by atoms with E-state index in [1.165, 1.54) is 32.3 Å². The van der Waals surface area contributed by atoms with Gasteiger partial charge in [-0.2, -0.15) is 0 Å². The van der Waals surface area contributed by atoms with Crippen molar-refractivity contribution in [1.82, 2.24) is 0 Å². The smallest absolute Gasteiger partial charge is 0.135 e. The van der Waals surface area contributed by atoms with E-state index in [0.29, 0.717) is 5.02 Å². The fourth-order valence-electron chi connectivity index (χ4n) is 10.1. The summed E-state index contributed by atoms with van der Waals surface area (Å²) >= 11 is 9.98. The van der Waals surface area contributed by atoms with Crippen molar-refractivity contribution in [2.75, 3.05) is 14.7 Å². The number of thiophene rings is 1. The molecular weight excluding hydrogens is 906 g/mol. The lowest BCUT2D eigenvalue weighted by molar-refractivity contribution is 0.589. The van der Waals surface area contributed by atoms with E-state index >= 15 is 0 Å². The van der Waals surface area contributed by atoms with Crippen molar-refractivity contribution in [2.24, 2.45) is 0 Å². The third kappa shape index (κ3) is 9.14. The average Bonchev–Trinajstić information content (AvgIpc) is 3.97. The molecule has 0 spiro atoms. The van der Waals surface area contributed by atoms with E-state index in [1.807, 2.05) is 18.2 Å². The van der Waals surface area contributed by atoms with E-state index in [0.717, 1.165) is 90.2 Å². The summed E-state index contributed by atoms with van der Waals surface area (Å²) in [7, 11) is 0. The number of halogens is 1. The van der Waals surface area contributed by atoms with E-state index in [9.17, 15) is 0 Å². The molecule has 0 bridgehead atoms. The molecule has 0 fully saturated rings. The van der Waals surface area contributed by atoms with Crippen molar-refractivity contribution < 1.29 is 4.42 Å². The van der Waals surface area contributed by atoms with Gasteiger partial charge in [-0.3, -0.25) is 0 Å². The topological polar surface area (TPSA) is 22.9 Å².